The van der Waals surface area contributed by atoms with Crippen LogP contribution in [0.25, 0.3) is 22.2 Å². The third-order valence-corrected chi connectivity index (χ3v) is 5.13. The fourth-order valence-electron chi connectivity index (χ4n) is 3.23. The molecule has 0 aromatic carbocycles. The predicted molar refractivity (Wildman–Crippen MR) is 106 cm³/mol. The Morgan fingerprint density at radius 3 is 2.76 bits per heavy atom. The third-order valence-electron chi connectivity index (χ3n) is 5.13. The summed E-state index contributed by atoms with van der Waals surface area (Å²) in [6.07, 6.45) is 7.15. The molecule has 3 aromatic heterocycles. The quantitative estimate of drug-likeness (QED) is 0.624. The Balaban J connectivity index is 1.61. The highest BCUT2D eigenvalue weighted by atomic mass is 16.5. The molecule has 148 valence electrons. The van der Waals surface area contributed by atoms with Crippen molar-refractivity contribution in [3.63, 3.8) is 0 Å². The lowest BCUT2D eigenvalue weighted by Gasteiger charge is -2.08. The van der Waals surface area contributed by atoms with Crippen LogP contribution in [0.4, 0.5) is 5.82 Å². The van der Waals surface area contributed by atoms with Crippen molar-refractivity contribution >= 4 is 28.6 Å². The Labute approximate surface area is 166 Å². The lowest BCUT2D eigenvalue weighted by Crippen LogP contribution is -2.15. The molecule has 2 aliphatic rings. The van der Waals surface area contributed by atoms with Gasteiger partial charge in [-0.2, -0.15) is 0 Å². The van der Waals surface area contributed by atoms with Crippen LogP contribution in [-0.4, -0.2) is 40.0 Å². The number of amides is 1. The van der Waals surface area contributed by atoms with E-state index in [0.29, 0.717) is 28.2 Å². The van der Waals surface area contributed by atoms with Crippen LogP contribution in [0.1, 0.15) is 36.0 Å². The van der Waals surface area contributed by atoms with E-state index in [1.165, 1.54) is 13.3 Å². The normalized spacial score (nSPS) is 15.9. The van der Waals surface area contributed by atoms with Crippen molar-refractivity contribution in [1.82, 2.24) is 15.0 Å². The lowest BCUT2D eigenvalue weighted by atomic mass is 10.1. The summed E-state index contributed by atoms with van der Waals surface area (Å²) < 4.78 is 10.8. The highest BCUT2D eigenvalue weighted by Crippen LogP contribution is 2.37. The molecular weight excluding hydrogens is 372 g/mol. The zero-order valence-corrected chi connectivity index (χ0v) is 15.9. The number of pyridine rings is 2. The first-order valence-electron chi connectivity index (χ1n) is 9.67. The van der Waals surface area contributed by atoms with Crippen LogP contribution in [0.3, 0.4) is 0 Å². The van der Waals surface area contributed by atoms with Crippen molar-refractivity contribution in [2.75, 3.05) is 12.4 Å². The van der Waals surface area contributed by atoms with E-state index >= 15 is 0 Å². The van der Waals surface area contributed by atoms with E-state index in [4.69, 9.17) is 9.47 Å². The molecule has 8 heteroatoms. The Morgan fingerprint density at radius 2 is 2.03 bits per heavy atom. The number of fused-ring (bicyclic) bond motifs is 1. The maximum Gasteiger partial charge on any atom is 0.340 e. The van der Waals surface area contributed by atoms with Gasteiger partial charge in [-0.15, -0.1) is 0 Å². The van der Waals surface area contributed by atoms with Gasteiger partial charge in [0.25, 0.3) is 0 Å². The molecule has 0 bridgehead atoms. The first-order chi connectivity index (χ1) is 14.1. The number of nitrogens with one attached hydrogen (secondary N) is 2. The molecule has 0 radical (unpaired) electrons. The Hall–Kier alpha value is -3.42. The molecule has 2 N–H and O–H groups in total. The van der Waals surface area contributed by atoms with Crippen LogP contribution in [0, 0.1) is 5.92 Å². The Bertz CT molecular complexity index is 1120. The number of methoxy groups -OCH3 is 1. The zero-order chi connectivity index (χ0) is 20.0. The number of H-pyrrole nitrogens is 1. The highest BCUT2D eigenvalue weighted by molar-refractivity contribution is 6.10. The molecule has 0 unspecified atom stereocenters. The predicted octanol–water partition coefficient (Wildman–Crippen LogP) is 3.30. The molecular formula is C21H20N4O4. The van der Waals surface area contributed by atoms with E-state index < -0.39 is 5.97 Å². The monoisotopic (exact) mass is 392 g/mol. The molecule has 0 saturated heterocycles. The van der Waals surface area contributed by atoms with Gasteiger partial charge < -0.3 is 19.8 Å². The fraction of sp³-hybridized carbons (Fsp3) is 0.333. The van der Waals surface area contributed by atoms with Crippen molar-refractivity contribution in [3.8, 4) is 17.1 Å². The average molecular weight is 392 g/mol. The minimum absolute atomic E-state index is 0.0402. The molecule has 2 fully saturated rings. The molecule has 1 amide bonds. The molecule has 0 spiro atoms. The van der Waals surface area contributed by atoms with Gasteiger partial charge in [-0.3, -0.25) is 4.79 Å². The number of anilines is 1. The SMILES string of the molecule is COC(=O)c1cnc(NC(=O)C2CC2)c2[nH]c(-c3cccnc3OC3CC3)cc12. The summed E-state index contributed by atoms with van der Waals surface area (Å²) >= 11 is 0. The second kappa shape index (κ2) is 6.88. The van der Waals surface area contributed by atoms with Gasteiger partial charge in [0.05, 0.1) is 29.4 Å². The number of ether oxygens (including phenoxy) is 2. The van der Waals surface area contributed by atoms with Crippen LogP contribution in [0.15, 0.2) is 30.6 Å². The first-order valence-corrected chi connectivity index (χ1v) is 9.67. The average Bonchev–Trinajstić information content (AvgIpc) is 3.66. The van der Waals surface area contributed by atoms with Gasteiger partial charge in [0.15, 0.2) is 5.82 Å². The Kier molecular flexibility index (Phi) is 4.19. The molecule has 3 heterocycles. The van der Waals surface area contributed by atoms with Crippen LogP contribution in [-0.2, 0) is 9.53 Å². The largest absolute Gasteiger partial charge is 0.474 e. The zero-order valence-electron chi connectivity index (χ0n) is 15.9. The third kappa shape index (κ3) is 3.41. The van der Waals surface area contributed by atoms with E-state index in [9.17, 15) is 9.59 Å². The van der Waals surface area contributed by atoms with Crippen LogP contribution in [0.5, 0.6) is 5.88 Å². The number of hydrogen-bond donors (Lipinski definition) is 2. The van der Waals surface area contributed by atoms with Crippen molar-refractivity contribution in [1.29, 1.82) is 0 Å². The van der Waals surface area contributed by atoms with E-state index in [0.717, 1.165) is 36.9 Å². The number of nitrogens with zero attached hydrogens (tertiary/aromatic N) is 2. The molecule has 29 heavy (non-hydrogen) atoms. The van der Waals surface area contributed by atoms with Gasteiger partial charge in [0.2, 0.25) is 11.8 Å². The molecule has 2 saturated carbocycles. The lowest BCUT2D eigenvalue weighted by molar-refractivity contribution is -0.117. The topological polar surface area (TPSA) is 106 Å². The number of rotatable bonds is 6. The van der Waals surface area contributed by atoms with E-state index in [-0.39, 0.29) is 17.9 Å². The van der Waals surface area contributed by atoms with Gasteiger partial charge in [-0.1, -0.05) is 0 Å². The summed E-state index contributed by atoms with van der Waals surface area (Å²) in [7, 11) is 1.33. The van der Waals surface area contributed by atoms with E-state index in [2.05, 4.69) is 20.3 Å². The van der Waals surface area contributed by atoms with Crippen molar-refractivity contribution < 1.29 is 19.1 Å². The number of carbonyl (C=O) groups is 2. The van der Waals surface area contributed by atoms with Crippen molar-refractivity contribution in [2.24, 2.45) is 5.92 Å². The number of hydrogen-bond acceptors (Lipinski definition) is 6. The van der Waals surface area contributed by atoms with Gasteiger partial charge in [-0.05, 0) is 43.9 Å². The van der Waals surface area contributed by atoms with Gasteiger partial charge >= 0.3 is 5.97 Å². The van der Waals surface area contributed by atoms with E-state index in [1.807, 2.05) is 18.2 Å². The Morgan fingerprint density at radius 1 is 1.21 bits per heavy atom. The van der Waals surface area contributed by atoms with Crippen molar-refractivity contribution in [3.05, 3.63) is 36.2 Å². The minimum Gasteiger partial charge on any atom is -0.474 e. The molecule has 2 aliphatic carbocycles. The summed E-state index contributed by atoms with van der Waals surface area (Å²) in [5.74, 6) is 0.425. The maximum atomic E-state index is 12.3. The molecule has 8 nitrogen and oxygen atoms in total. The second-order valence-electron chi connectivity index (χ2n) is 7.42. The summed E-state index contributed by atoms with van der Waals surface area (Å²) in [6, 6.07) is 5.58. The fourth-order valence-corrected chi connectivity index (χ4v) is 3.23. The number of carbonyl (C=O) groups excluding carboxylic acids is 2. The summed E-state index contributed by atoms with van der Waals surface area (Å²) in [4.78, 5) is 36.5. The van der Waals surface area contributed by atoms with Crippen molar-refractivity contribution in [2.45, 2.75) is 31.8 Å². The molecule has 3 aromatic rings. The maximum absolute atomic E-state index is 12.3. The minimum atomic E-state index is -0.492. The van der Waals surface area contributed by atoms with Gasteiger partial charge in [-0.25, -0.2) is 14.8 Å². The molecule has 0 aliphatic heterocycles. The molecule has 0 atom stereocenters. The number of aromatic nitrogens is 3. The second-order valence-corrected chi connectivity index (χ2v) is 7.42. The van der Waals surface area contributed by atoms with Gasteiger partial charge in [0.1, 0.15) is 6.10 Å². The van der Waals surface area contributed by atoms with Gasteiger partial charge in [0, 0.05) is 23.7 Å². The molecule has 5 rings (SSSR count). The summed E-state index contributed by atoms with van der Waals surface area (Å²) in [6.45, 7) is 0. The van der Waals surface area contributed by atoms with E-state index in [1.54, 1.807) is 6.20 Å². The number of aromatic amines is 1. The smallest absolute Gasteiger partial charge is 0.340 e. The highest BCUT2D eigenvalue weighted by Gasteiger charge is 2.31. The van der Waals surface area contributed by atoms with Crippen LogP contribution >= 0.6 is 0 Å². The van der Waals surface area contributed by atoms with Crippen LogP contribution < -0.4 is 10.1 Å². The standard InChI is InChI=1S/C21H20N4O4/c1-28-21(27)15-10-23-18(25-19(26)11-4-5-11)17-14(15)9-16(24-17)13-3-2-8-22-20(13)29-12-6-7-12/h2-3,8-12,24H,4-7H2,1H3,(H,23,25,26). The number of esters is 1. The van der Waals surface area contributed by atoms with Crippen LogP contribution in [0.2, 0.25) is 0 Å². The summed E-state index contributed by atoms with van der Waals surface area (Å²) in [5.41, 5.74) is 2.40. The summed E-state index contributed by atoms with van der Waals surface area (Å²) in [5, 5.41) is 3.49. The first kappa shape index (κ1) is 17.7.